The number of nitrogens with two attached hydrogens (primary N) is 1. The van der Waals surface area contributed by atoms with Crippen LogP contribution in [0.15, 0.2) is 41.1 Å². The minimum Gasteiger partial charge on any atom is -0.399 e. The molecular formula is C19H14Cl2N4. The smallest absolute Gasteiger partial charge is 0.191 e. The van der Waals surface area contributed by atoms with E-state index in [1.54, 1.807) is 18.2 Å². The van der Waals surface area contributed by atoms with Crippen LogP contribution in [0.3, 0.4) is 0 Å². The molecule has 6 heteroatoms. The third kappa shape index (κ3) is 2.40. The molecule has 0 bridgehead atoms. The highest BCUT2D eigenvalue weighted by Crippen LogP contribution is 2.57. The number of fused-ring (bicyclic) bond motifs is 1. The second kappa shape index (κ2) is 6.45. The second-order valence-electron chi connectivity index (χ2n) is 6.24. The molecule has 0 fully saturated rings. The van der Waals surface area contributed by atoms with Crippen molar-refractivity contribution in [1.82, 2.24) is 0 Å². The Labute approximate surface area is 156 Å². The lowest BCUT2D eigenvalue weighted by Gasteiger charge is -2.43. The quantitative estimate of drug-likeness (QED) is 0.783. The highest BCUT2D eigenvalue weighted by molar-refractivity contribution is 6.36. The molecule has 0 unspecified atom stereocenters. The predicted molar refractivity (Wildman–Crippen MR) is 95.1 cm³/mol. The Hall–Kier alpha value is -2.45. The zero-order valence-corrected chi connectivity index (χ0v) is 14.8. The maximum atomic E-state index is 9.93. The van der Waals surface area contributed by atoms with Crippen LogP contribution in [0, 0.1) is 45.3 Å². The Kier molecular flexibility index (Phi) is 4.49. The molecule has 2 N–H and O–H groups in total. The van der Waals surface area contributed by atoms with Crippen LogP contribution < -0.4 is 5.73 Å². The third-order valence-corrected chi connectivity index (χ3v) is 5.77. The van der Waals surface area contributed by atoms with Crippen LogP contribution >= 0.6 is 23.2 Å². The first-order chi connectivity index (χ1) is 12.0. The second-order valence-corrected chi connectivity index (χ2v) is 7.06. The van der Waals surface area contributed by atoms with E-state index in [-0.39, 0.29) is 17.2 Å². The molecule has 0 saturated carbocycles. The topological polar surface area (TPSA) is 97.4 Å². The van der Waals surface area contributed by atoms with Gasteiger partial charge in [0.2, 0.25) is 0 Å². The molecule has 2 atom stereocenters. The van der Waals surface area contributed by atoms with Crippen molar-refractivity contribution < 1.29 is 0 Å². The van der Waals surface area contributed by atoms with Crippen molar-refractivity contribution >= 4 is 23.2 Å². The van der Waals surface area contributed by atoms with Gasteiger partial charge < -0.3 is 5.73 Å². The Morgan fingerprint density at radius 3 is 2.32 bits per heavy atom. The molecular weight excluding hydrogens is 355 g/mol. The molecule has 1 aromatic rings. The van der Waals surface area contributed by atoms with Crippen molar-refractivity contribution in [3.05, 3.63) is 56.7 Å². The molecule has 0 amide bonds. The van der Waals surface area contributed by atoms with Crippen LogP contribution in [0.1, 0.15) is 30.7 Å². The molecule has 0 heterocycles. The van der Waals surface area contributed by atoms with Gasteiger partial charge in [0.25, 0.3) is 0 Å². The summed E-state index contributed by atoms with van der Waals surface area (Å²) >= 11 is 12.8. The van der Waals surface area contributed by atoms with E-state index in [1.165, 1.54) is 0 Å². The van der Waals surface area contributed by atoms with E-state index in [1.807, 2.05) is 6.08 Å². The SMILES string of the molecule is N#CC1=C(N)C(C#N)(C#N)[C@@H](c2c(Cl)cccc2Cl)[C@H]2CCCC=C12. The minimum absolute atomic E-state index is 0.00890. The predicted octanol–water partition coefficient (Wildman–Crippen LogP) is 4.59. The highest BCUT2D eigenvalue weighted by atomic mass is 35.5. The van der Waals surface area contributed by atoms with Crippen molar-refractivity contribution in [2.45, 2.75) is 25.2 Å². The number of hydrogen-bond acceptors (Lipinski definition) is 4. The molecule has 0 aromatic heterocycles. The molecule has 2 aliphatic carbocycles. The molecule has 25 heavy (non-hydrogen) atoms. The normalized spacial score (nSPS) is 24.4. The van der Waals surface area contributed by atoms with Gasteiger partial charge in [-0.15, -0.1) is 0 Å². The fourth-order valence-electron chi connectivity index (χ4n) is 3.99. The van der Waals surface area contributed by atoms with E-state index in [0.29, 0.717) is 15.6 Å². The average molecular weight is 369 g/mol. The molecule has 3 rings (SSSR count). The van der Waals surface area contributed by atoms with E-state index in [4.69, 9.17) is 28.9 Å². The molecule has 0 radical (unpaired) electrons. The molecule has 0 saturated heterocycles. The molecule has 4 nitrogen and oxygen atoms in total. The third-order valence-electron chi connectivity index (χ3n) is 5.11. The summed E-state index contributed by atoms with van der Waals surface area (Å²) < 4.78 is 0. The maximum absolute atomic E-state index is 9.93. The zero-order chi connectivity index (χ0) is 18.2. The maximum Gasteiger partial charge on any atom is 0.191 e. The number of hydrogen-bond donors (Lipinski definition) is 1. The van der Waals surface area contributed by atoms with E-state index in [0.717, 1.165) is 24.8 Å². The summed E-state index contributed by atoms with van der Waals surface area (Å²) in [6, 6.07) is 11.3. The van der Waals surface area contributed by atoms with Crippen molar-refractivity contribution in [1.29, 1.82) is 15.8 Å². The number of rotatable bonds is 1. The molecule has 0 spiro atoms. The van der Waals surface area contributed by atoms with Gasteiger partial charge >= 0.3 is 0 Å². The summed E-state index contributed by atoms with van der Waals surface area (Å²) in [6.07, 6.45) is 4.45. The van der Waals surface area contributed by atoms with Gasteiger partial charge in [-0.3, -0.25) is 0 Å². The summed E-state index contributed by atoms with van der Waals surface area (Å²) in [5.41, 5.74) is 6.11. The van der Waals surface area contributed by atoms with Gasteiger partial charge in [-0.05, 0) is 48.4 Å². The highest BCUT2D eigenvalue weighted by Gasteiger charge is 2.54. The van der Waals surface area contributed by atoms with E-state index >= 15 is 0 Å². The first kappa shape index (κ1) is 17.4. The standard InChI is InChI=1S/C19H14Cl2N4/c20-14-6-3-7-15(21)16(14)17-12-5-2-1-4-11(12)13(8-22)18(25)19(17,9-23)10-24/h3-4,6-7,12,17H,1-2,5,25H2/t12-,17+/m0/s1. The van der Waals surface area contributed by atoms with Crippen LogP contribution in [0.2, 0.25) is 10.0 Å². The van der Waals surface area contributed by atoms with Gasteiger partial charge in [0.1, 0.15) is 6.07 Å². The van der Waals surface area contributed by atoms with Crippen molar-refractivity contribution in [3.63, 3.8) is 0 Å². The van der Waals surface area contributed by atoms with E-state index in [9.17, 15) is 15.8 Å². The molecule has 124 valence electrons. The van der Waals surface area contributed by atoms with Crippen molar-refractivity contribution in [3.8, 4) is 18.2 Å². The lowest BCUT2D eigenvalue weighted by atomic mass is 9.56. The Balaban J connectivity index is 2.41. The summed E-state index contributed by atoms with van der Waals surface area (Å²) in [5, 5.41) is 30.2. The fourth-order valence-corrected chi connectivity index (χ4v) is 4.63. The Morgan fingerprint density at radius 1 is 1.12 bits per heavy atom. The van der Waals surface area contributed by atoms with Crippen LogP contribution in [-0.2, 0) is 0 Å². The lowest BCUT2D eigenvalue weighted by Crippen LogP contribution is -2.42. The Morgan fingerprint density at radius 2 is 1.76 bits per heavy atom. The van der Waals surface area contributed by atoms with Crippen molar-refractivity contribution in [2.24, 2.45) is 17.1 Å². The number of nitrogens with zero attached hydrogens (tertiary/aromatic N) is 3. The minimum atomic E-state index is -1.68. The largest absolute Gasteiger partial charge is 0.399 e. The number of halogens is 2. The number of nitriles is 3. The fraction of sp³-hybridized carbons (Fsp3) is 0.316. The van der Waals surface area contributed by atoms with Gasteiger partial charge in [0.05, 0.1) is 23.4 Å². The van der Waals surface area contributed by atoms with Crippen LogP contribution in [0.25, 0.3) is 0 Å². The molecule has 1 aromatic carbocycles. The monoisotopic (exact) mass is 368 g/mol. The van der Waals surface area contributed by atoms with Crippen LogP contribution in [-0.4, -0.2) is 0 Å². The first-order valence-corrected chi connectivity index (χ1v) is 8.64. The van der Waals surface area contributed by atoms with Gasteiger partial charge in [0.15, 0.2) is 5.41 Å². The average Bonchev–Trinajstić information content (AvgIpc) is 2.62. The number of benzene rings is 1. The lowest BCUT2D eigenvalue weighted by molar-refractivity contribution is 0.317. The van der Waals surface area contributed by atoms with Gasteiger partial charge in [-0.2, -0.15) is 15.8 Å². The van der Waals surface area contributed by atoms with Gasteiger partial charge in [-0.1, -0.05) is 35.3 Å². The van der Waals surface area contributed by atoms with Crippen molar-refractivity contribution in [2.75, 3.05) is 0 Å². The summed E-state index contributed by atoms with van der Waals surface area (Å²) in [6.45, 7) is 0. The summed E-state index contributed by atoms with van der Waals surface area (Å²) in [4.78, 5) is 0. The van der Waals surface area contributed by atoms with Crippen LogP contribution in [0.4, 0.5) is 0 Å². The summed E-state index contributed by atoms with van der Waals surface area (Å²) in [5.74, 6) is -0.820. The van der Waals surface area contributed by atoms with E-state index < -0.39 is 11.3 Å². The van der Waals surface area contributed by atoms with Crippen LogP contribution in [0.5, 0.6) is 0 Å². The summed E-state index contributed by atoms with van der Waals surface area (Å²) in [7, 11) is 0. The molecule has 0 aliphatic heterocycles. The Bertz CT molecular complexity index is 890. The van der Waals surface area contributed by atoms with Gasteiger partial charge in [-0.25, -0.2) is 0 Å². The first-order valence-electron chi connectivity index (χ1n) is 7.89. The number of allylic oxidation sites excluding steroid dienone is 4. The van der Waals surface area contributed by atoms with E-state index in [2.05, 4.69) is 18.2 Å². The van der Waals surface area contributed by atoms with Gasteiger partial charge in [0, 0.05) is 16.0 Å². The zero-order valence-electron chi connectivity index (χ0n) is 13.3. The molecule has 2 aliphatic rings.